The van der Waals surface area contributed by atoms with E-state index in [1.807, 2.05) is 12.1 Å². The number of nitrogens with one attached hydrogen (secondary N) is 1. The van der Waals surface area contributed by atoms with Crippen LogP contribution in [0.3, 0.4) is 0 Å². The molecule has 200 valence electrons. The van der Waals surface area contributed by atoms with Gasteiger partial charge in [-0.05, 0) is 68.2 Å². The maximum Gasteiger partial charge on any atom is 0.341 e. The third-order valence-corrected chi connectivity index (χ3v) is 9.58. The van der Waals surface area contributed by atoms with Gasteiger partial charge >= 0.3 is 5.97 Å². The molecular weight excluding hydrogens is 492 g/mol. The number of phenols is 1. The smallest absolute Gasteiger partial charge is 0.341 e. The number of anilines is 1. The minimum absolute atomic E-state index is 0.0308. The number of ether oxygens (including phenoxy) is 2. The lowest BCUT2D eigenvalue weighted by Crippen LogP contribution is -2.56. The molecule has 1 amide bonds. The summed E-state index contributed by atoms with van der Waals surface area (Å²) < 4.78 is 10.4. The van der Waals surface area contributed by atoms with Gasteiger partial charge in [-0.1, -0.05) is 18.9 Å². The lowest BCUT2D eigenvalue weighted by Gasteiger charge is -2.52. The van der Waals surface area contributed by atoms with Crippen LogP contribution in [-0.4, -0.2) is 59.9 Å². The molecule has 1 saturated heterocycles. The first-order valence-corrected chi connectivity index (χ1v) is 14.0. The number of aryl methyl sites for hydroxylation is 1. The molecule has 3 atom stereocenters. The molecular formula is C28H36N2O6S. The molecule has 0 radical (unpaired) electrons. The highest BCUT2D eigenvalue weighted by atomic mass is 32.1. The van der Waals surface area contributed by atoms with Gasteiger partial charge < -0.3 is 25.0 Å². The summed E-state index contributed by atoms with van der Waals surface area (Å²) in [5.41, 5.74) is 1.65. The number of esters is 1. The summed E-state index contributed by atoms with van der Waals surface area (Å²) in [7, 11) is 2.89. The largest absolute Gasteiger partial charge is 0.504 e. The number of rotatable bonds is 6. The Labute approximate surface area is 221 Å². The Morgan fingerprint density at radius 1 is 1.16 bits per heavy atom. The number of aromatic hydroxyl groups is 1. The van der Waals surface area contributed by atoms with E-state index in [1.165, 1.54) is 25.6 Å². The van der Waals surface area contributed by atoms with Crippen LogP contribution in [0.25, 0.3) is 0 Å². The number of carbonyl (C=O) groups excluding carboxylic acids is 2. The molecule has 5 rings (SSSR count). The molecule has 1 aliphatic heterocycles. The molecule has 2 heterocycles. The van der Waals surface area contributed by atoms with Gasteiger partial charge in [0.25, 0.3) is 0 Å². The van der Waals surface area contributed by atoms with Crippen molar-refractivity contribution < 1.29 is 29.3 Å². The van der Waals surface area contributed by atoms with Gasteiger partial charge in [0.2, 0.25) is 5.91 Å². The van der Waals surface area contributed by atoms with Crippen molar-refractivity contribution in [3.63, 3.8) is 0 Å². The summed E-state index contributed by atoms with van der Waals surface area (Å²) in [6.45, 7) is 0.697. The second-order valence-electron chi connectivity index (χ2n) is 10.5. The van der Waals surface area contributed by atoms with Gasteiger partial charge in [0.05, 0.1) is 31.9 Å². The van der Waals surface area contributed by atoms with Crippen molar-refractivity contribution in [3.05, 3.63) is 39.8 Å². The lowest BCUT2D eigenvalue weighted by molar-refractivity contribution is -0.135. The van der Waals surface area contributed by atoms with Crippen molar-refractivity contribution in [2.45, 2.75) is 69.4 Å². The van der Waals surface area contributed by atoms with Crippen molar-refractivity contribution in [1.82, 2.24) is 4.90 Å². The minimum Gasteiger partial charge on any atom is -0.504 e. The van der Waals surface area contributed by atoms with E-state index in [0.29, 0.717) is 29.3 Å². The van der Waals surface area contributed by atoms with E-state index in [4.69, 9.17) is 9.47 Å². The molecule has 2 fully saturated rings. The number of piperidine rings is 1. The van der Waals surface area contributed by atoms with Gasteiger partial charge in [-0.25, -0.2) is 4.79 Å². The fourth-order valence-corrected chi connectivity index (χ4v) is 7.86. The van der Waals surface area contributed by atoms with Crippen LogP contribution in [0.5, 0.6) is 11.5 Å². The molecule has 0 unspecified atom stereocenters. The highest BCUT2D eigenvalue weighted by Gasteiger charge is 2.49. The van der Waals surface area contributed by atoms with Gasteiger partial charge in [0, 0.05) is 23.4 Å². The van der Waals surface area contributed by atoms with Crippen LogP contribution >= 0.6 is 11.3 Å². The SMILES string of the molecule is COC(=O)c1c(NC(=O)CN2CC[C@]3(O)CCCC[C@H]3[C@H]2c2ccc(O)c(OC)c2)sc2c1CCCC2. The molecule has 2 aliphatic carbocycles. The fourth-order valence-electron chi connectivity index (χ4n) is 6.56. The Morgan fingerprint density at radius 3 is 2.76 bits per heavy atom. The Hall–Kier alpha value is -2.62. The Morgan fingerprint density at radius 2 is 1.97 bits per heavy atom. The number of carbonyl (C=O) groups is 2. The molecule has 0 spiro atoms. The maximum absolute atomic E-state index is 13.4. The van der Waals surface area contributed by atoms with Crippen LogP contribution in [0.2, 0.25) is 0 Å². The standard InChI is InChI=1S/C28H36N2O6S/c1-35-21-15-17(10-11-20(21)31)25-19-8-5-6-12-28(19,34)13-14-30(25)16-23(32)29-26-24(27(33)36-2)18-7-3-4-9-22(18)37-26/h10-11,15,19,25,31,34H,3-9,12-14,16H2,1-2H3,(H,29,32)/t19-,25+,28+/m0/s1. The van der Waals surface area contributed by atoms with E-state index in [9.17, 15) is 19.8 Å². The van der Waals surface area contributed by atoms with Gasteiger partial charge in [-0.3, -0.25) is 9.69 Å². The Balaban J connectivity index is 1.42. The van der Waals surface area contributed by atoms with E-state index >= 15 is 0 Å². The van der Waals surface area contributed by atoms with Crippen LogP contribution in [0, 0.1) is 5.92 Å². The third kappa shape index (κ3) is 4.96. The predicted octanol–water partition coefficient (Wildman–Crippen LogP) is 4.43. The van der Waals surface area contributed by atoms with Crippen LogP contribution in [-0.2, 0) is 22.4 Å². The number of amides is 1. The number of fused-ring (bicyclic) bond motifs is 2. The van der Waals surface area contributed by atoms with Gasteiger partial charge in [-0.15, -0.1) is 11.3 Å². The molecule has 1 saturated carbocycles. The van der Waals surface area contributed by atoms with Crippen LogP contribution in [0.1, 0.15) is 77.3 Å². The van der Waals surface area contributed by atoms with Crippen molar-refractivity contribution in [2.75, 3.05) is 32.6 Å². The van der Waals surface area contributed by atoms with E-state index in [0.717, 1.165) is 67.4 Å². The monoisotopic (exact) mass is 528 g/mol. The zero-order valence-electron chi connectivity index (χ0n) is 21.5. The summed E-state index contributed by atoms with van der Waals surface area (Å²) in [6.07, 6.45) is 8.10. The van der Waals surface area contributed by atoms with E-state index in [1.54, 1.807) is 6.07 Å². The molecule has 1 aromatic carbocycles. The molecule has 8 nitrogen and oxygen atoms in total. The second kappa shape index (κ2) is 10.6. The van der Waals surface area contributed by atoms with Crippen LogP contribution in [0.4, 0.5) is 5.00 Å². The first kappa shape index (κ1) is 26.0. The average Bonchev–Trinajstić information content (AvgIpc) is 3.26. The zero-order chi connectivity index (χ0) is 26.2. The maximum atomic E-state index is 13.4. The number of methoxy groups -OCH3 is 2. The zero-order valence-corrected chi connectivity index (χ0v) is 22.4. The lowest BCUT2D eigenvalue weighted by atomic mass is 9.66. The number of nitrogens with zero attached hydrogens (tertiary/aromatic N) is 1. The van der Waals surface area contributed by atoms with Gasteiger partial charge in [0.15, 0.2) is 11.5 Å². The third-order valence-electron chi connectivity index (χ3n) is 8.38. The number of aliphatic hydroxyl groups is 1. The predicted molar refractivity (Wildman–Crippen MR) is 141 cm³/mol. The summed E-state index contributed by atoms with van der Waals surface area (Å²) in [6, 6.07) is 5.09. The van der Waals surface area contributed by atoms with E-state index in [2.05, 4.69) is 10.2 Å². The normalized spacial score (nSPS) is 25.6. The van der Waals surface area contributed by atoms with Crippen molar-refractivity contribution in [3.8, 4) is 11.5 Å². The van der Waals surface area contributed by atoms with Gasteiger partial charge in [-0.2, -0.15) is 0 Å². The first-order valence-electron chi connectivity index (χ1n) is 13.2. The summed E-state index contributed by atoms with van der Waals surface area (Å²) in [5, 5.41) is 25.3. The van der Waals surface area contributed by atoms with Crippen molar-refractivity contribution >= 4 is 28.2 Å². The molecule has 3 aliphatic rings. The number of hydrogen-bond acceptors (Lipinski definition) is 8. The highest BCUT2D eigenvalue weighted by Crippen LogP contribution is 2.50. The topological polar surface area (TPSA) is 108 Å². The van der Waals surface area contributed by atoms with Crippen molar-refractivity contribution in [2.24, 2.45) is 5.92 Å². The van der Waals surface area contributed by atoms with E-state index < -0.39 is 11.6 Å². The number of benzene rings is 1. The Kier molecular flexibility index (Phi) is 7.47. The quantitative estimate of drug-likeness (QED) is 0.476. The number of likely N-dealkylation sites (tertiary alicyclic amines) is 1. The molecule has 3 N–H and O–H groups in total. The Bertz CT molecular complexity index is 1180. The molecule has 9 heteroatoms. The summed E-state index contributed by atoms with van der Waals surface area (Å²) >= 11 is 1.48. The number of hydrogen-bond donors (Lipinski definition) is 3. The van der Waals surface area contributed by atoms with Crippen molar-refractivity contribution in [1.29, 1.82) is 0 Å². The number of phenolic OH excluding ortho intramolecular Hbond substituents is 1. The van der Waals surface area contributed by atoms with Gasteiger partial charge in [0.1, 0.15) is 5.00 Å². The molecule has 2 aromatic rings. The minimum atomic E-state index is -0.772. The van der Waals surface area contributed by atoms with Crippen LogP contribution < -0.4 is 10.1 Å². The average molecular weight is 529 g/mol. The molecule has 0 bridgehead atoms. The number of thiophene rings is 1. The summed E-state index contributed by atoms with van der Waals surface area (Å²) in [5.74, 6) is -0.201. The molecule has 37 heavy (non-hydrogen) atoms. The fraction of sp³-hybridized carbons (Fsp3) is 0.571. The highest BCUT2D eigenvalue weighted by molar-refractivity contribution is 7.17. The second-order valence-corrected chi connectivity index (χ2v) is 11.6. The van der Waals surface area contributed by atoms with E-state index in [-0.39, 0.29) is 30.2 Å². The van der Waals surface area contributed by atoms with Crippen LogP contribution in [0.15, 0.2) is 18.2 Å². The first-order chi connectivity index (χ1) is 17.8. The molecule has 1 aromatic heterocycles. The summed E-state index contributed by atoms with van der Waals surface area (Å²) in [4.78, 5) is 29.3.